The van der Waals surface area contributed by atoms with Crippen LogP contribution in [0.4, 0.5) is 5.69 Å². The zero-order chi connectivity index (χ0) is 12.3. The average Bonchev–Trinajstić information content (AvgIpc) is 2.54. The normalized spacial score (nSPS) is 21.4. The third-order valence-corrected chi connectivity index (χ3v) is 4.35. The van der Waals surface area contributed by atoms with Crippen molar-refractivity contribution >= 4 is 21.6 Å². The number of nitrogens with zero attached hydrogens (tertiary/aromatic N) is 1. The van der Waals surface area contributed by atoms with Gasteiger partial charge in [-0.05, 0) is 38.3 Å². The van der Waals surface area contributed by atoms with E-state index in [1.54, 1.807) is 0 Å². The SMILES string of the molecule is Cc1ccc(N2CCCCCC2C)c(CBr)c1. The first kappa shape index (κ1) is 12.9. The van der Waals surface area contributed by atoms with Crippen LogP contribution in [0.1, 0.15) is 43.7 Å². The van der Waals surface area contributed by atoms with E-state index >= 15 is 0 Å². The summed E-state index contributed by atoms with van der Waals surface area (Å²) in [5.74, 6) is 0. The number of hydrogen-bond acceptors (Lipinski definition) is 1. The monoisotopic (exact) mass is 295 g/mol. The summed E-state index contributed by atoms with van der Waals surface area (Å²) >= 11 is 3.62. The van der Waals surface area contributed by atoms with Gasteiger partial charge in [-0.25, -0.2) is 0 Å². The minimum Gasteiger partial charge on any atom is -0.369 e. The van der Waals surface area contributed by atoms with Crippen molar-refractivity contribution in [3.63, 3.8) is 0 Å². The molecule has 1 fully saturated rings. The van der Waals surface area contributed by atoms with Gasteiger partial charge in [-0.1, -0.05) is 46.5 Å². The predicted molar refractivity (Wildman–Crippen MR) is 79.1 cm³/mol. The second-order valence-electron chi connectivity index (χ2n) is 5.16. The van der Waals surface area contributed by atoms with E-state index in [0.717, 1.165) is 5.33 Å². The standard InChI is InChI=1S/C15H22BrN/c1-12-7-8-15(14(10-12)11-16)17-9-5-3-4-6-13(17)2/h7-8,10,13H,3-6,9,11H2,1-2H3. The summed E-state index contributed by atoms with van der Waals surface area (Å²) in [6, 6.07) is 7.52. The zero-order valence-electron chi connectivity index (χ0n) is 10.9. The quantitative estimate of drug-likeness (QED) is 0.717. The third-order valence-electron chi connectivity index (χ3n) is 3.74. The van der Waals surface area contributed by atoms with E-state index in [2.05, 4.69) is 52.9 Å². The maximum atomic E-state index is 3.62. The van der Waals surface area contributed by atoms with Crippen molar-refractivity contribution in [3.8, 4) is 0 Å². The Kier molecular flexibility index (Phi) is 4.49. The van der Waals surface area contributed by atoms with Crippen molar-refractivity contribution in [1.29, 1.82) is 0 Å². The van der Waals surface area contributed by atoms with Gasteiger partial charge < -0.3 is 4.90 Å². The Hall–Kier alpha value is -0.500. The largest absolute Gasteiger partial charge is 0.369 e. The molecule has 1 aliphatic heterocycles. The van der Waals surface area contributed by atoms with E-state index < -0.39 is 0 Å². The number of hydrogen-bond donors (Lipinski definition) is 0. The molecule has 1 unspecified atom stereocenters. The van der Waals surface area contributed by atoms with Crippen LogP contribution in [0.3, 0.4) is 0 Å². The second kappa shape index (κ2) is 5.90. The molecule has 0 bridgehead atoms. The van der Waals surface area contributed by atoms with E-state index in [1.165, 1.54) is 49.0 Å². The maximum Gasteiger partial charge on any atom is 0.0409 e. The average molecular weight is 296 g/mol. The lowest BCUT2D eigenvalue weighted by Crippen LogP contribution is -2.33. The molecule has 0 radical (unpaired) electrons. The molecule has 1 aromatic carbocycles. The predicted octanol–water partition coefficient (Wildman–Crippen LogP) is 4.66. The number of rotatable bonds is 2. The van der Waals surface area contributed by atoms with Crippen molar-refractivity contribution in [2.24, 2.45) is 0 Å². The van der Waals surface area contributed by atoms with Crippen LogP contribution in [0.25, 0.3) is 0 Å². The van der Waals surface area contributed by atoms with E-state index in [-0.39, 0.29) is 0 Å². The third kappa shape index (κ3) is 3.04. The Bertz CT molecular complexity index is 375. The lowest BCUT2D eigenvalue weighted by atomic mass is 10.1. The summed E-state index contributed by atoms with van der Waals surface area (Å²) in [6.07, 6.45) is 5.43. The lowest BCUT2D eigenvalue weighted by molar-refractivity contribution is 0.615. The van der Waals surface area contributed by atoms with Crippen LogP contribution in [-0.2, 0) is 5.33 Å². The molecule has 0 amide bonds. The molecule has 2 rings (SSSR count). The number of anilines is 1. The highest BCUT2D eigenvalue weighted by Gasteiger charge is 2.19. The molecule has 1 nitrogen and oxygen atoms in total. The van der Waals surface area contributed by atoms with Crippen molar-refractivity contribution in [2.75, 3.05) is 11.4 Å². The highest BCUT2D eigenvalue weighted by atomic mass is 79.9. The molecule has 1 saturated heterocycles. The summed E-state index contributed by atoms with van der Waals surface area (Å²) in [5, 5.41) is 0.952. The first-order chi connectivity index (χ1) is 8.22. The molecular weight excluding hydrogens is 274 g/mol. The number of benzene rings is 1. The molecule has 17 heavy (non-hydrogen) atoms. The van der Waals surface area contributed by atoms with Gasteiger partial charge in [-0.2, -0.15) is 0 Å². The summed E-state index contributed by atoms with van der Waals surface area (Å²) in [6.45, 7) is 5.75. The Morgan fingerprint density at radius 3 is 2.88 bits per heavy atom. The number of aryl methyl sites for hydroxylation is 1. The lowest BCUT2D eigenvalue weighted by Gasteiger charge is -2.31. The first-order valence-electron chi connectivity index (χ1n) is 6.64. The van der Waals surface area contributed by atoms with E-state index in [1.807, 2.05) is 0 Å². The van der Waals surface area contributed by atoms with Gasteiger partial charge in [0.25, 0.3) is 0 Å². The molecular formula is C15H22BrN. The molecule has 94 valence electrons. The van der Waals surface area contributed by atoms with Gasteiger partial charge in [0.15, 0.2) is 0 Å². The highest BCUT2D eigenvalue weighted by Crippen LogP contribution is 2.29. The zero-order valence-corrected chi connectivity index (χ0v) is 12.5. The van der Waals surface area contributed by atoms with Gasteiger partial charge in [0, 0.05) is 23.6 Å². The van der Waals surface area contributed by atoms with Gasteiger partial charge in [-0.3, -0.25) is 0 Å². The van der Waals surface area contributed by atoms with Crippen LogP contribution in [0, 0.1) is 6.92 Å². The van der Waals surface area contributed by atoms with Crippen LogP contribution in [0.5, 0.6) is 0 Å². The van der Waals surface area contributed by atoms with Gasteiger partial charge in [0.2, 0.25) is 0 Å². The molecule has 0 saturated carbocycles. The summed E-state index contributed by atoms with van der Waals surface area (Å²) < 4.78 is 0. The number of halogens is 1. The molecule has 0 aromatic heterocycles. The van der Waals surface area contributed by atoms with E-state index in [9.17, 15) is 0 Å². The van der Waals surface area contributed by atoms with Crippen LogP contribution in [0.15, 0.2) is 18.2 Å². The summed E-state index contributed by atoms with van der Waals surface area (Å²) in [4.78, 5) is 2.60. The fourth-order valence-corrected chi connectivity index (χ4v) is 3.18. The van der Waals surface area contributed by atoms with Crippen LogP contribution in [-0.4, -0.2) is 12.6 Å². The number of alkyl halides is 1. The van der Waals surface area contributed by atoms with Crippen LogP contribution in [0.2, 0.25) is 0 Å². The van der Waals surface area contributed by atoms with Crippen molar-refractivity contribution in [1.82, 2.24) is 0 Å². The molecule has 1 heterocycles. The van der Waals surface area contributed by atoms with Crippen molar-refractivity contribution in [3.05, 3.63) is 29.3 Å². The van der Waals surface area contributed by atoms with Gasteiger partial charge in [0.05, 0.1) is 0 Å². The fraction of sp³-hybridized carbons (Fsp3) is 0.600. The van der Waals surface area contributed by atoms with E-state index in [4.69, 9.17) is 0 Å². The van der Waals surface area contributed by atoms with Crippen LogP contribution < -0.4 is 4.90 Å². The van der Waals surface area contributed by atoms with Gasteiger partial charge >= 0.3 is 0 Å². The topological polar surface area (TPSA) is 3.24 Å². The molecule has 1 aliphatic rings. The Labute approximate surface area is 113 Å². The van der Waals surface area contributed by atoms with Gasteiger partial charge in [-0.15, -0.1) is 0 Å². The molecule has 1 aromatic rings. The Balaban J connectivity index is 2.30. The molecule has 0 aliphatic carbocycles. The maximum absolute atomic E-state index is 3.62. The van der Waals surface area contributed by atoms with Gasteiger partial charge in [0.1, 0.15) is 0 Å². The minimum atomic E-state index is 0.679. The van der Waals surface area contributed by atoms with E-state index in [0.29, 0.717) is 6.04 Å². The minimum absolute atomic E-state index is 0.679. The Morgan fingerprint density at radius 1 is 1.29 bits per heavy atom. The molecule has 0 N–H and O–H groups in total. The van der Waals surface area contributed by atoms with Crippen molar-refractivity contribution in [2.45, 2.75) is 50.9 Å². The molecule has 0 spiro atoms. The van der Waals surface area contributed by atoms with Crippen LogP contribution >= 0.6 is 15.9 Å². The smallest absolute Gasteiger partial charge is 0.0409 e. The first-order valence-corrected chi connectivity index (χ1v) is 7.76. The highest BCUT2D eigenvalue weighted by molar-refractivity contribution is 9.08. The Morgan fingerprint density at radius 2 is 2.12 bits per heavy atom. The second-order valence-corrected chi connectivity index (χ2v) is 5.72. The summed E-state index contributed by atoms with van der Waals surface area (Å²) in [5.41, 5.74) is 4.21. The fourth-order valence-electron chi connectivity index (χ4n) is 2.73. The molecule has 2 heteroatoms. The molecule has 1 atom stereocenters. The summed E-state index contributed by atoms with van der Waals surface area (Å²) in [7, 11) is 0. The van der Waals surface area contributed by atoms with Crippen molar-refractivity contribution < 1.29 is 0 Å².